The topological polar surface area (TPSA) is 62.4 Å². The number of aromatic nitrogens is 2. The van der Waals surface area contributed by atoms with Gasteiger partial charge in [0.15, 0.2) is 0 Å². The molecule has 1 aliphatic heterocycles. The van der Waals surface area contributed by atoms with Gasteiger partial charge in [0.05, 0.1) is 30.7 Å². The Hall–Kier alpha value is -2.10. The zero-order valence-electron chi connectivity index (χ0n) is 17.6. The molecule has 2 aromatic rings. The fraction of sp³-hybridized carbons (Fsp3) is 0.571. The Morgan fingerprint density at radius 1 is 1.30 bits per heavy atom. The van der Waals surface area contributed by atoms with Crippen LogP contribution in [0, 0.1) is 6.92 Å². The van der Waals surface area contributed by atoms with Gasteiger partial charge in [0.1, 0.15) is 11.9 Å². The van der Waals surface area contributed by atoms with Gasteiger partial charge < -0.3 is 19.7 Å². The standard InChI is InChI=1S/C21H29F3N4O2/c1-14-10-15(19-16(12-26-27-19)13-28(3)7-6-25-2)11-18(21(22,23)24)20(14)30-17-4-8-29-9-5-17/h10-12,17,25H,4-9,13H2,1-3H3,(H,26,27). The van der Waals surface area contributed by atoms with Crippen molar-refractivity contribution in [3.05, 3.63) is 35.0 Å². The van der Waals surface area contributed by atoms with E-state index in [1.165, 1.54) is 0 Å². The molecule has 0 radical (unpaired) electrons. The second kappa shape index (κ2) is 9.80. The van der Waals surface area contributed by atoms with Gasteiger partial charge in [-0.2, -0.15) is 18.3 Å². The van der Waals surface area contributed by atoms with E-state index < -0.39 is 11.7 Å². The number of H-pyrrole nitrogens is 1. The van der Waals surface area contributed by atoms with E-state index >= 15 is 0 Å². The first-order valence-corrected chi connectivity index (χ1v) is 10.1. The number of likely N-dealkylation sites (N-methyl/N-ethyl adjacent to an activating group) is 2. The summed E-state index contributed by atoms with van der Waals surface area (Å²) < 4.78 is 52.8. The van der Waals surface area contributed by atoms with Crippen molar-refractivity contribution in [3.63, 3.8) is 0 Å². The summed E-state index contributed by atoms with van der Waals surface area (Å²) in [4.78, 5) is 2.09. The summed E-state index contributed by atoms with van der Waals surface area (Å²) in [5, 5.41) is 10.0. The molecule has 1 aliphatic rings. The minimum atomic E-state index is -4.52. The summed E-state index contributed by atoms with van der Waals surface area (Å²) in [5.74, 6) is -0.0923. The van der Waals surface area contributed by atoms with Crippen molar-refractivity contribution in [1.82, 2.24) is 20.4 Å². The first-order chi connectivity index (χ1) is 14.3. The van der Waals surface area contributed by atoms with Gasteiger partial charge >= 0.3 is 6.18 Å². The molecule has 2 N–H and O–H groups in total. The molecule has 2 heterocycles. The SMILES string of the molecule is CNCCN(C)Cc1cn[nH]c1-c1cc(C)c(OC2CCOCC2)c(C(F)(F)F)c1. The van der Waals surface area contributed by atoms with Crippen molar-refractivity contribution >= 4 is 0 Å². The maximum Gasteiger partial charge on any atom is 0.419 e. The number of benzene rings is 1. The molecular weight excluding hydrogens is 397 g/mol. The zero-order valence-corrected chi connectivity index (χ0v) is 17.6. The van der Waals surface area contributed by atoms with Gasteiger partial charge in [-0.3, -0.25) is 5.10 Å². The normalized spacial score (nSPS) is 15.7. The van der Waals surface area contributed by atoms with Gasteiger partial charge in [0, 0.05) is 43.6 Å². The molecule has 0 spiro atoms. The van der Waals surface area contributed by atoms with Crippen LogP contribution < -0.4 is 10.1 Å². The minimum absolute atomic E-state index is 0.0923. The van der Waals surface area contributed by atoms with Gasteiger partial charge in [0.25, 0.3) is 0 Å². The lowest BCUT2D eigenvalue weighted by atomic mass is 9.99. The average Bonchev–Trinajstić information content (AvgIpc) is 3.15. The Bertz CT molecular complexity index is 832. The Kier molecular flexibility index (Phi) is 7.38. The number of aryl methyl sites for hydroxylation is 1. The van der Waals surface area contributed by atoms with E-state index in [9.17, 15) is 13.2 Å². The first-order valence-electron chi connectivity index (χ1n) is 10.1. The highest BCUT2D eigenvalue weighted by atomic mass is 19.4. The fourth-order valence-electron chi connectivity index (χ4n) is 3.60. The smallest absolute Gasteiger partial charge is 0.419 e. The van der Waals surface area contributed by atoms with Crippen molar-refractivity contribution in [2.24, 2.45) is 0 Å². The summed E-state index contributed by atoms with van der Waals surface area (Å²) in [5.41, 5.74) is 1.59. The van der Waals surface area contributed by atoms with Crippen molar-refractivity contribution in [3.8, 4) is 17.0 Å². The van der Waals surface area contributed by atoms with Crippen LogP contribution in [0.5, 0.6) is 5.75 Å². The van der Waals surface area contributed by atoms with E-state index in [0.717, 1.165) is 24.7 Å². The Balaban J connectivity index is 1.92. The predicted molar refractivity (Wildman–Crippen MR) is 108 cm³/mol. The summed E-state index contributed by atoms with van der Waals surface area (Å²) in [7, 11) is 3.84. The van der Waals surface area contributed by atoms with Crippen LogP contribution in [-0.4, -0.2) is 61.6 Å². The van der Waals surface area contributed by atoms with E-state index in [0.29, 0.717) is 49.4 Å². The summed E-state index contributed by atoms with van der Waals surface area (Å²) in [6.07, 6.45) is -1.96. The number of hydrogen-bond donors (Lipinski definition) is 2. The molecule has 0 unspecified atom stereocenters. The fourth-order valence-corrected chi connectivity index (χ4v) is 3.60. The molecule has 0 bridgehead atoms. The lowest BCUT2D eigenvalue weighted by Gasteiger charge is -2.26. The molecule has 1 fully saturated rings. The monoisotopic (exact) mass is 426 g/mol. The number of nitrogens with zero attached hydrogens (tertiary/aromatic N) is 2. The Labute approximate surface area is 174 Å². The third-order valence-electron chi connectivity index (χ3n) is 5.22. The number of nitrogens with one attached hydrogen (secondary N) is 2. The molecule has 0 amide bonds. The second-order valence-electron chi connectivity index (χ2n) is 7.71. The maximum absolute atomic E-state index is 13.9. The van der Waals surface area contributed by atoms with Crippen LogP contribution in [0.1, 0.15) is 29.5 Å². The van der Waals surface area contributed by atoms with Gasteiger partial charge in [-0.25, -0.2) is 0 Å². The highest BCUT2D eigenvalue weighted by Gasteiger charge is 2.37. The minimum Gasteiger partial charge on any atom is -0.489 e. The second-order valence-corrected chi connectivity index (χ2v) is 7.71. The lowest BCUT2D eigenvalue weighted by molar-refractivity contribution is -0.139. The van der Waals surface area contributed by atoms with Gasteiger partial charge in [-0.05, 0) is 38.7 Å². The van der Waals surface area contributed by atoms with Crippen LogP contribution in [0.3, 0.4) is 0 Å². The molecular formula is C21H29F3N4O2. The lowest BCUT2D eigenvalue weighted by Crippen LogP contribution is -2.27. The van der Waals surface area contributed by atoms with Crippen LogP contribution in [-0.2, 0) is 17.5 Å². The van der Waals surface area contributed by atoms with Crippen molar-refractivity contribution in [2.75, 3.05) is 40.4 Å². The van der Waals surface area contributed by atoms with Crippen LogP contribution in [0.15, 0.2) is 18.3 Å². The summed E-state index contributed by atoms with van der Waals surface area (Å²) in [6, 6.07) is 2.89. The maximum atomic E-state index is 13.9. The van der Waals surface area contributed by atoms with E-state index in [-0.39, 0.29) is 11.9 Å². The van der Waals surface area contributed by atoms with Gasteiger partial charge in [0.2, 0.25) is 0 Å². The van der Waals surface area contributed by atoms with E-state index in [1.807, 2.05) is 14.1 Å². The molecule has 6 nitrogen and oxygen atoms in total. The van der Waals surface area contributed by atoms with Crippen LogP contribution in [0.4, 0.5) is 13.2 Å². The number of ether oxygens (including phenoxy) is 2. The number of halogens is 3. The summed E-state index contributed by atoms with van der Waals surface area (Å²) >= 11 is 0. The van der Waals surface area contributed by atoms with Crippen molar-refractivity contribution < 1.29 is 22.6 Å². The number of aromatic amines is 1. The highest BCUT2D eigenvalue weighted by molar-refractivity contribution is 5.67. The van der Waals surface area contributed by atoms with Gasteiger partial charge in [-0.15, -0.1) is 0 Å². The number of alkyl halides is 3. The Morgan fingerprint density at radius 3 is 2.70 bits per heavy atom. The molecule has 0 aliphatic carbocycles. The molecule has 1 aromatic heterocycles. The van der Waals surface area contributed by atoms with Crippen LogP contribution in [0.25, 0.3) is 11.3 Å². The number of hydrogen-bond acceptors (Lipinski definition) is 5. The molecule has 1 saturated heterocycles. The van der Waals surface area contributed by atoms with Crippen LogP contribution >= 0.6 is 0 Å². The Morgan fingerprint density at radius 2 is 2.03 bits per heavy atom. The first kappa shape index (κ1) is 22.6. The number of rotatable bonds is 8. The molecule has 0 atom stereocenters. The quantitative estimate of drug-likeness (QED) is 0.675. The predicted octanol–water partition coefficient (Wildman–Crippen LogP) is 3.61. The summed E-state index contributed by atoms with van der Waals surface area (Å²) in [6.45, 7) is 4.87. The molecule has 9 heteroatoms. The van der Waals surface area contributed by atoms with Gasteiger partial charge in [-0.1, -0.05) is 0 Å². The highest BCUT2D eigenvalue weighted by Crippen LogP contribution is 2.42. The molecule has 166 valence electrons. The zero-order chi connectivity index (χ0) is 21.7. The third kappa shape index (κ3) is 5.53. The third-order valence-corrected chi connectivity index (χ3v) is 5.22. The van der Waals surface area contributed by atoms with E-state index in [4.69, 9.17) is 9.47 Å². The molecule has 1 aromatic carbocycles. The van der Waals surface area contributed by atoms with Crippen molar-refractivity contribution in [2.45, 2.75) is 38.6 Å². The van der Waals surface area contributed by atoms with Crippen molar-refractivity contribution in [1.29, 1.82) is 0 Å². The molecule has 30 heavy (non-hydrogen) atoms. The molecule has 0 saturated carbocycles. The molecule has 3 rings (SSSR count). The average molecular weight is 426 g/mol. The van der Waals surface area contributed by atoms with E-state index in [2.05, 4.69) is 20.4 Å². The van der Waals surface area contributed by atoms with Crippen LogP contribution in [0.2, 0.25) is 0 Å². The van der Waals surface area contributed by atoms with E-state index in [1.54, 1.807) is 19.2 Å². The largest absolute Gasteiger partial charge is 0.489 e.